The number of hydrogen-bond acceptors (Lipinski definition) is 3. The van der Waals surface area contributed by atoms with Crippen molar-refractivity contribution >= 4 is 22.9 Å². The minimum absolute atomic E-state index is 0.0476. The van der Waals surface area contributed by atoms with Crippen molar-refractivity contribution in [3.63, 3.8) is 0 Å². The van der Waals surface area contributed by atoms with Gasteiger partial charge in [0.1, 0.15) is 5.82 Å². The molecule has 26 heavy (non-hydrogen) atoms. The Kier molecular flexibility index (Phi) is 4.32. The van der Waals surface area contributed by atoms with E-state index in [9.17, 15) is 9.18 Å². The third-order valence-electron chi connectivity index (χ3n) is 4.89. The maximum atomic E-state index is 13.0. The summed E-state index contributed by atoms with van der Waals surface area (Å²) in [6.07, 6.45) is 0. The number of para-hydroxylation sites is 2. The lowest BCUT2D eigenvalue weighted by atomic mass is 10.2. The molecule has 0 radical (unpaired) electrons. The molecule has 1 aliphatic heterocycles. The van der Waals surface area contributed by atoms with Gasteiger partial charge >= 0.3 is 0 Å². The minimum Gasteiger partial charge on any atom is -0.339 e. The normalized spacial score (nSPS) is 14.8. The number of amides is 1. The predicted molar refractivity (Wildman–Crippen MR) is 99.9 cm³/mol. The van der Waals surface area contributed by atoms with Crippen LogP contribution in [0.2, 0.25) is 0 Å². The Balaban J connectivity index is 1.50. The molecular weight excluding hydrogens is 331 g/mol. The van der Waals surface area contributed by atoms with E-state index in [1.54, 1.807) is 12.1 Å². The van der Waals surface area contributed by atoms with Crippen molar-refractivity contribution in [3.05, 3.63) is 59.9 Å². The Hall–Kier alpha value is -2.89. The van der Waals surface area contributed by atoms with Gasteiger partial charge in [0.15, 0.2) is 0 Å². The van der Waals surface area contributed by atoms with Crippen molar-refractivity contribution in [3.8, 4) is 0 Å². The van der Waals surface area contributed by atoms with E-state index in [1.165, 1.54) is 12.1 Å². The van der Waals surface area contributed by atoms with Crippen molar-refractivity contribution in [2.45, 2.75) is 13.5 Å². The molecule has 0 N–H and O–H groups in total. The Morgan fingerprint density at radius 2 is 1.73 bits per heavy atom. The maximum absolute atomic E-state index is 13.0. The first kappa shape index (κ1) is 16.6. The molecule has 0 unspecified atom stereocenters. The van der Waals surface area contributed by atoms with E-state index in [1.807, 2.05) is 23.1 Å². The monoisotopic (exact) mass is 352 g/mol. The van der Waals surface area contributed by atoms with Gasteiger partial charge in [-0.2, -0.15) is 0 Å². The zero-order valence-corrected chi connectivity index (χ0v) is 14.7. The van der Waals surface area contributed by atoms with Crippen LogP contribution in [0.15, 0.2) is 48.5 Å². The lowest BCUT2D eigenvalue weighted by Crippen LogP contribution is -2.49. The molecule has 5 nitrogen and oxygen atoms in total. The molecule has 1 fully saturated rings. The molecule has 3 aromatic rings. The zero-order chi connectivity index (χ0) is 18.1. The fourth-order valence-electron chi connectivity index (χ4n) is 3.50. The number of imidazole rings is 1. The second-order valence-corrected chi connectivity index (χ2v) is 6.43. The van der Waals surface area contributed by atoms with Gasteiger partial charge in [0.25, 0.3) is 5.91 Å². The van der Waals surface area contributed by atoms with E-state index in [2.05, 4.69) is 22.5 Å². The molecule has 0 saturated carbocycles. The summed E-state index contributed by atoms with van der Waals surface area (Å²) in [7, 11) is 0. The standard InChI is InChI=1S/C20H21FN4O/c1-2-25-18-6-4-3-5-17(18)22-20(25)24-13-11-23(12-14-24)19(26)15-7-9-16(21)10-8-15/h3-10H,2,11-14H2,1H3. The highest BCUT2D eigenvalue weighted by atomic mass is 19.1. The smallest absolute Gasteiger partial charge is 0.253 e. The fourth-order valence-corrected chi connectivity index (χ4v) is 3.50. The summed E-state index contributed by atoms with van der Waals surface area (Å²) in [5.74, 6) is 0.584. The summed E-state index contributed by atoms with van der Waals surface area (Å²) >= 11 is 0. The molecule has 1 aromatic heterocycles. The average Bonchev–Trinajstić information content (AvgIpc) is 3.07. The number of nitrogens with zero attached hydrogens (tertiary/aromatic N) is 4. The molecule has 1 aliphatic rings. The van der Waals surface area contributed by atoms with Crippen LogP contribution in [-0.2, 0) is 6.54 Å². The van der Waals surface area contributed by atoms with Crippen LogP contribution in [0.4, 0.5) is 10.3 Å². The lowest BCUT2D eigenvalue weighted by Gasteiger charge is -2.35. The molecule has 0 bridgehead atoms. The van der Waals surface area contributed by atoms with Crippen molar-refractivity contribution in [1.29, 1.82) is 0 Å². The van der Waals surface area contributed by atoms with Gasteiger partial charge in [-0.15, -0.1) is 0 Å². The molecule has 2 heterocycles. The van der Waals surface area contributed by atoms with Gasteiger partial charge in [-0.3, -0.25) is 4.79 Å². The first-order chi connectivity index (χ1) is 12.7. The predicted octanol–water partition coefficient (Wildman–Crippen LogP) is 3.16. The third kappa shape index (κ3) is 2.92. The third-order valence-corrected chi connectivity index (χ3v) is 4.89. The number of carbonyl (C=O) groups is 1. The van der Waals surface area contributed by atoms with E-state index in [0.717, 1.165) is 36.6 Å². The topological polar surface area (TPSA) is 41.4 Å². The molecule has 1 amide bonds. The molecule has 0 aliphatic carbocycles. The van der Waals surface area contributed by atoms with E-state index in [-0.39, 0.29) is 11.7 Å². The number of carbonyl (C=O) groups excluding carboxylic acids is 1. The van der Waals surface area contributed by atoms with Gasteiger partial charge in [-0.05, 0) is 43.3 Å². The second kappa shape index (κ2) is 6.78. The summed E-state index contributed by atoms with van der Waals surface area (Å²) in [5, 5.41) is 0. The minimum atomic E-state index is -0.329. The highest BCUT2D eigenvalue weighted by molar-refractivity contribution is 5.94. The van der Waals surface area contributed by atoms with Gasteiger partial charge in [0, 0.05) is 38.3 Å². The Bertz CT molecular complexity index is 927. The lowest BCUT2D eigenvalue weighted by molar-refractivity contribution is 0.0746. The number of aromatic nitrogens is 2. The van der Waals surface area contributed by atoms with Crippen molar-refractivity contribution < 1.29 is 9.18 Å². The number of rotatable bonds is 3. The zero-order valence-electron chi connectivity index (χ0n) is 14.7. The van der Waals surface area contributed by atoms with Crippen molar-refractivity contribution in [2.75, 3.05) is 31.1 Å². The quantitative estimate of drug-likeness (QED) is 0.727. The maximum Gasteiger partial charge on any atom is 0.253 e. The van der Waals surface area contributed by atoms with Gasteiger partial charge in [0.2, 0.25) is 5.95 Å². The van der Waals surface area contributed by atoms with Crippen LogP contribution in [-0.4, -0.2) is 46.5 Å². The summed E-state index contributed by atoms with van der Waals surface area (Å²) in [5.41, 5.74) is 2.66. The van der Waals surface area contributed by atoms with E-state index >= 15 is 0 Å². The van der Waals surface area contributed by atoms with Crippen LogP contribution in [0.1, 0.15) is 17.3 Å². The van der Waals surface area contributed by atoms with E-state index in [0.29, 0.717) is 18.7 Å². The SMILES string of the molecule is CCn1c(N2CCN(C(=O)c3ccc(F)cc3)CC2)nc2ccccc21. The summed E-state index contributed by atoms with van der Waals surface area (Å²) in [6, 6.07) is 13.9. The molecule has 1 saturated heterocycles. The first-order valence-electron chi connectivity index (χ1n) is 8.92. The number of halogens is 1. The molecule has 6 heteroatoms. The number of fused-ring (bicyclic) bond motifs is 1. The Morgan fingerprint density at radius 1 is 1.04 bits per heavy atom. The molecule has 0 spiro atoms. The van der Waals surface area contributed by atoms with Gasteiger partial charge in [-0.1, -0.05) is 12.1 Å². The largest absolute Gasteiger partial charge is 0.339 e. The molecular formula is C20H21FN4O. The van der Waals surface area contributed by atoms with E-state index in [4.69, 9.17) is 4.98 Å². The number of anilines is 1. The van der Waals surface area contributed by atoms with E-state index < -0.39 is 0 Å². The molecule has 4 rings (SSSR count). The number of aryl methyl sites for hydroxylation is 1. The van der Waals surface area contributed by atoms with Gasteiger partial charge in [-0.25, -0.2) is 9.37 Å². The van der Waals surface area contributed by atoms with Crippen LogP contribution in [0.25, 0.3) is 11.0 Å². The highest BCUT2D eigenvalue weighted by Crippen LogP contribution is 2.23. The molecule has 0 atom stereocenters. The summed E-state index contributed by atoms with van der Waals surface area (Å²) in [6.45, 7) is 5.69. The summed E-state index contributed by atoms with van der Waals surface area (Å²) < 4.78 is 15.3. The van der Waals surface area contributed by atoms with Crippen LogP contribution in [0.5, 0.6) is 0 Å². The van der Waals surface area contributed by atoms with Gasteiger partial charge < -0.3 is 14.4 Å². The number of piperazine rings is 1. The average molecular weight is 352 g/mol. The second-order valence-electron chi connectivity index (χ2n) is 6.43. The van der Waals surface area contributed by atoms with Crippen molar-refractivity contribution in [1.82, 2.24) is 14.5 Å². The van der Waals surface area contributed by atoms with Gasteiger partial charge in [0.05, 0.1) is 11.0 Å². The van der Waals surface area contributed by atoms with Crippen molar-refractivity contribution in [2.24, 2.45) is 0 Å². The highest BCUT2D eigenvalue weighted by Gasteiger charge is 2.25. The van der Waals surface area contributed by atoms with Crippen LogP contribution in [0.3, 0.4) is 0 Å². The molecule has 134 valence electrons. The first-order valence-corrected chi connectivity index (χ1v) is 8.92. The fraction of sp³-hybridized carbons (Fsp3) is 0.300. The number of benzene rings is 2. The summed E-state index contributed by atoms with van der Waals surface area (Å²) in [4.78, 5) is 21.4. The Morgan fingerprint density at radius 3 is 2.42 bits per heavy atom. The molecule has 2 aromatic carbocycles. The van der Waals surface area contributed by atoms with Crippen LogP contribution >= 0.6 is 0 Å². The Labute approximate surface area is 151 Å². The van der Waals surface area contributed by atoms with Crippen LogP contribution in [0, 0.1) is 5.82 Å². The number of hydrogen-bond donors (Lipinski definition) is 0. The van der Waals surface area contributed by atoms with Crippen LogP contribution < -0.4 is 4.90 Å².